The van der Waals surface area contributed by atoms with Crippen molar-refractivity contribution in [1.29, 1.82) is 0 Å². The fourth-order valence-corrected chi connectivity index (χ4v) is 3.19. The van der Waals surface area contributed by atoms with Crippen LogP contribution in [0, 0.1) is 19.7 Å². The number of nitrogens with zero attached hydrogens (tertiary/aromatic N) is 2. The van der Waals surface area contributed by atoms with Gasteiger partial charge in [0.15, 0.2) is 0 Å². The summed E-state index contributed by atoms with van der Waals surface area (Å²) in [6.07, 6.45) is 3.27. The van der Waals surface area contributed by atoms with Crippen LogP contribution in [0.15, 0.2) is 79.1 Å². The standard InChI is InChI=1S/C25H21FN4O/c1-16-6-11-23(17(2)12-16)30-24(31)18-7-9-22(10-8-18)29-25-27-14-20(15-28-25)19-4-3-5-21(26)13-19/h3-15H,1-2H3,(H,30,31)(H,27,28,29). The number of rotatable bonds is 5. The number of hydrogen-bond donors (Lipinski definition) is 2. The minimum Gasteiger partial charge on any atom is -0.324 e. The van der Waals surface area contributed by atoms with E-state index in [1.54, 1.807) is 48.8 Å². The number of carbonyl (C=O) groups excluding carboxylic acids is 1. The molecule has 0 fully saturated rings. The van der Waals surface area contributed by atoms with Gasteiger partial charge in [0.25, 0.3) is 5.91 Å². The van der Waals surface area contributed by atoms with Crippen molar-refractivity contribution in [3.05, 3.63) is 102 Å². The van der Waals surface area contributed by atoms with E-state index < -0.39 is 0 Å². The predicted molar refractivity (Wildman–Crippen MR) is 121 cm³/mol. The van der Waals surface area contributed by atoms with Crippen LogP contribution in [-0.2, 0) is 0 Å². The van der Waals surface area contributed by atoms with Gasteiger partial charge in [0.05, 0.1) is 0 Å². The highest BCUT2D eigenvalue weighted by molar-refractivity contribution is 6.04. The maximum atomic E-state index is 13.4. The second-order valence-electron chi connectivity index (χ2n) is 7.28. The van der Waals surface area contributed by atoms with Gasteiger partial charge in [-0.05, 0) is 67.4 Å². The molecule has 0 radical (unpaired) electrons. The number of aromatic nitrogens is 2. The Morgan fingerprint density at radius 3 is 2.29 bits per heavy atom. The number of hydrogen-bond acceptors (Lipinski definition) is 4. The van der Waals surface area contributed by atoms with Crippen molar-refractivity contribution in [2.24, 2.45) is 0 Å². The Morgan fingerprint density at radius 2 is 1.61 bits per heavy atom. The van der Waals surface area contributed by atoms with Crippen molar-refractivity contribution < 1.29 is 9.18 Å². The van der Waals surface area contributed by atoms with Crippen molar-refractivity contribution in [3.8, 4) is 11.1 Å². The van der Waals surface area contributed by atoms with E-state index in [-0.39, 0.29) is 11.7 Å². The number of anilines is 3. The number of benzene rings is 3. The van der Waals surface area contributed by atoms with Gasteiger partial charge >= 0.3 is 0 Å². The van der Waals surface area contributed by atoms with Crippen molar-refractivity contribution in [1.82, 2.24) is 9.97 Å². The third kappa shape index (κ3) is 4.93. The predicted octanol–water partition coefficient (Wildman–Crippen LogP) is 5.90. The average molecular weight is 412 g/mol. The summed E-state index contributed by atoms with van der Waals surface area (Å²) in [4.78, 5) is 21.1. The van der Waals surface area contributed by atoms with E-state index in [1.807, 2.05) is 32.0 Å². The lowest BCUT2D eigenvalue weighted by molar-refractivity contribution is 0.102. The molecular weight excluding hydrogens is 391 g/mol. The molecule has 0 saturated carbocycles. The second kappa shape index (κ2) is 8.75. The van der Waals surface area contributed by atoms with Gasteiger partial charge in [-0.25, -0.2) is 14.4 Å². The zero-order chi connectivity index (χ0) is 21.8. The fourth-order valence-electron chi connectivity index (χ4n) is 3.19. The normalized spacial score (nSPS) is 10.5. The van der Waals surface area contributed by atoms with E-state index in [2.05, 4.69) is 20.6 Å². The van der Waals surface area contributed by atoms with Gasteiger partial charge in [0.1, 0.15) is 5.82 Å². The Kier molecular flexibility index (Phi) is 5.71. The number of halogens is 1. The maximum absolute atomic E-state index is 13.4. The first kappa shape index (κ1) is 20.2. The molecule has 154 valence electrons. The molecule has 1 aromatic heterocycles. The molecule has 0 unspecified atom stereocenters. The summed E-state index contributed by atoms with van der Waals surface area (Å²) in [7, 11) is 0. The Hall–Kier alpha value is -4.06. The van der Waals surface area contributed by atoms with Crippen molar-refractivity contribution in [2.45, 2.75) is 13.8 Å². The molecule has 1 amide bonds. The molecule has 6 heteroatoms. The lowest BCUT2D eigenvalue weighted by Gasteiger charge is -2.10. The molecule has 3 aromatic carbocycles. The Morgan fingerprint density at radius 1 is 0.871 bits per heavy atom. The summed E-state index contributed by atoms with van der Waals surface area (Å²) in [5, 5.41) is 6.04. The van der Waals surface area contributed by atoms with Crippen LogP contribution < -0.4 is 10.6 Å². The van der Waals surface area contributed by atoms with E-state index in [1.165, 1.54) is 12.1 Å². The lowest BCUT2D eigenvalue weighted by Crippen LogP contribution is -2.12. The summed E-state index contributed by atoms with van der Waals surface area (Å²) in [5.74, 6) is -0.0665. The molecule has 2 N–H and O–H groups in total. The van der Waals surface area contributed by atoms with Gasteiger partial charge in [-0.2, -0.15) is 0 Å². The molecule has 5 nitrogen and oxygen atoms in total. The summed E-state index contributed by atoms with van der Waals surface area (Å²) >= 11 is 0. The Balaban J connectivity index is 1.42. The second-order valence-corrected chi connectivity index (χ2v) is 7.28. The molecule has 4 aromatic rings. The first-order valence-electron chi connectivity index (χ1n) is 9.81. The van der Waals surface area contributed by atoms with Crippen LogP contribution in [0.1, 0.15) is 21.5 Å². The highest BCUT2D eigenvalue weighted by atomic mass is 19.1. The van der Waals surface area contributed by atoms with E-state index in [0.29, 0.717) is 17.1 Å². The van der Waals surface area contributed by atoms with Crippen LogP contribution in [0.25, 0.3) is 11.1 Å². The number of aryl methyl sites for hydroxylation is 2. The van der Waals surface area contributed by atoms with Gasteiger partial charge < -0.3 is 10.6 Å². The summed E-state index contributed by atoms with van der Waals surface area (Å²) in [6.45, 7) is 3.98. The number of nitrogens with one attached hydrogen (secondary N) is 2. The third-order valence-corrected chi connectivity index (χ3v) is 4.84. The quantitative estimate of drug-likeness (QED) is 0.429. The van der Waals surface area contributed by atoms with Gasteiger partial charge in [0.2, 0.25) is 5.95 Å². The summed E-state index contributed by atoms with van der Waals surface area (Å²) < 4.78 is 13.4. The zero-order valence-corrected chi connectivity index (χ0v) is 17.2. The monoisotopic (exact) mass is 412 g/mol. The molecule has 1 heterocycles. The molecule has 0 aliphatic heterocycles. The highest BCUT2D eigenvalue weighted by Gasteiger charge is 2.08. The van der Waals surface area contributed by atoms with E-state index in [4.69, 9.17) is 0 Å². The Labute approximate surface area is 180 Å². The SMILES string of the molecule is Cc1ccc(NC(=O)c2ccc(Nc3ncc(-c4cccc(F)c4)cn3)cc2)c(C)c1. The molecule has 0 saturated heterocycles. The minimum atomic E-state index is -0.304. The summed E-state index contributed by atoms with van der Waals surface area (Å²) in [6, 6.07) is 19.2. The minimum absolute atomic E-state index is 0.172. The van der Waals surface area contributed by atoms with Gasteiger partial charge in [-0.3, -0.25) is 4.79 Å². The maximum Gasteiger partial charge on any atom is 0.255 e. The highest BCUT2D eigenvalue weighted by Crippen LogP contribution is 2.21. The van der Waals surface area contributed by atoms with E-state index in [0.717, 1.165) is 28.1 Å². The average Bonchev–Trinajstić information content (AvgIpc) is 2.77. The van der Waals surface area contributed by atoms with Gasteiger partial charge in [-0.15, -0.1) is 0 Å². The number of carbonyl (C=O) groups is 1. The van der Waals surface area contributed by atoms with E-state index in [9.17, 15) is 9.18 Å². The lowest BCUT2D eigenvalue weighted by atomic mass is 10.1. The largest absolute Gasteiger partial charge is 0.324 e. The van der Waals surface area contributed by atoms with Crippen LogP contribution in [0.4, 0.5) is 21.7 Å². The van der Waals surface area contributed by atoms with Crippen LogP contribution in [0.2, 0.25) is 0 Å². The first-order chi connectivity index (χ1) is 15.0. The zero-order valence-electron chi connectivity index (χ0n) is 17.2. The fraction of sp³-hybridized carbons (Fsp3) is 0.0800. The molecule has 0 bridgehead atoms. The van der Waals surface area contributed by atoms with Crippen LogP contribution in [-0.4, -0.2) is 15.9 Å². The van der Waals surface area contributed by atoms with Gasteiger partial charge in [0, 0.05) is 34.9 Å². The molecule has 4 rings (SSSR count). The Bertz CT molecular complexity index is 1220. The van der Waals surface area contributed by atoms with Crippen LogP contribution in [0.3, 0.4) is 0 Å². The molecular formula is C25H21FN4O. The van der Waals surface area contributed by atoms with Crippen molar-refractivity contribution in [2.75, 3.05) is 10.6 Å². The van der Waals surface area contributed by atoms with Crippen LogP contribution in [0.5, 0.6) is 0 Å². The molecule has 0 spiro atoms. The van der Waals surface area contributed by atoms with Crippen molar-refractivity contribution >= 4 is 23.2 Å². The first-order valence-corrected chi connectivity index (χ1v) is 9.81. The third-order valence-electron chi connectivity index (χ3n) is 4.84. The summed E-state index contributed by atoms with van der Waals surface area (Å²) in [5.41, 5.74) is 5.70. The number of amides is 1. The molecule has 0 aliphatic rings. The van der Waals surface area contributed by atoms with Crippen LogP contribution >= 0.6 is 0 Å². The van der Waals surface area contributed by atoms with Crippen molar-refractivity contribution in [3.63, 3.8) is 0 Å². The van der Waals surface area contributed by atoms with E-state index >= 15 is 0 Å². The molecule has 0 aliphatic carbocycles. The molecule has 0 atom stereocenters. The molecule has 31 heavy (non-hydrogen) atoms. The van der Waals surface area contributed by atoms with Gasteiger partial charge in [-0.1, -0.05) is 29.8 Å². The smallest absolute Gasteiger partial charge is 0.255 e. The topological polar surface area (TPSA) is 66.9 Å².